The van der Waals surface area contributed by atoms with Gasteiger partial charge >= 0.3 is 0 Å². The summed E-state index contributed by atoms with van der Waals surface area (Å²) in [5.41, 5.74) is 0.825. The molecule has 30 heavy (non-hydrogen) atoms. The first-order valence-corrected chi connectivity index (χ1v) is 11.7. The summed E-state index contributed by atoms with van der Waals surface area (Å²) in [4.78, 5) is 16.6. The van der Waals surface area contributed by atoms with E-state index in [2.05, 4.69) is 0 Å². The van der Waals surface area contributed by atoms with Crippen LogP contribution < -0.4 is 13.9 Å². The van der Waals surface area contributed by atoms with Crippen molar-refractivity contribution in [2.24, 2.45) is 0 Å². The topological polar surface area (TPSA) is 70.2 Å². The van der Waals surface area contributed by atoms with Crippen LogP contribution in [0.25, 0.3) is 0 Å². The Labute approximate surface area is 179 Å². The minimum atomic E-state index is -3.63. The average molecular weight is 454 g/mol. The number of benzene rings is 2. The van der Waals surface area contributed by atoms with Gasteiger partial charge in [0, 0.05) is 31.2 Å². The van der Waals surface area contributed by atoms with Crippen LogP contribution in [0.5, 0.6) is 5.75 Å². The van der Waals surface area contributed by atoms with E-state index in [1.165, 1.54) is 12.1 Å². The number of amides is 1. The molecule has 2 aromatic carbocycles. The predicted molar refractivity (Wildman–Crippen MR) is 113 cm³/mol. The lowest BCUT2D eigenvalue weighted by molar-refractivity contribution is -0.138. The van der Waals surface area contributed by atoms with Crippen LogP contribution in [0.4, 0.5) is 15.8 Å². The van der Waals surface area contributed by atoms with Crippen molar-refractivity contribution in [1.29, 1.82) is 0 Å². The summed E-state index contributed by atoms with van der Waals surface area (Å²) < 4.78 is 45.6. The molecule has 1 amide bonds. The van der Waals surface area contributed by atoms with Crippen molar-refractivity contribution >= 4 is 38.9 Å². The van der Waals surface area contributed by atoms with Crippen LogP contribution in [0.3, 0.4) is 0 Å². The van der Waals surface area contributed by atoms with E-state index in [0.717, 1.165) is 10.6 Å². The van der Waals surface area contributed by atoms with Gasteiger partial charge in [-0.3, -0.25) is 9.10 Å². The number of piperazine rings is 1. The summed E-state index contributed by atoms with van der Waals surface area (Å²) >= 11 is 6.00. The molecular weight excluding hydrogens is 433 g/mol. The van der Waals surface area contributed by atoms with Gasteiger partial charge in [-0.1, -0.05) is 23.7 Å². The molecular formula is C20H21ClFN3O4S. The Bertz CT molecular complexity index is 1070. The van der Waals surface area contributed by atoms with Gasteiger partial charge in [-0.05, 0) is 30.3 Å². The predicted octanol–water partition coefficient (Wildman–Crippen LogP) is 2.35. The molecule has 4 rings (SSSR count). The van der Waals surface area contributed by atoms with E-state index in [9.17, 15) is 17.6 Å². The molecule has 2 heterocycles. The van der Waals surface area contributed by atoms with Crippen molar-refractivity contribution in [3.63, 3.8) is 0 Å². The van der Waals surface area contributed by atoms with Gasteiger partial charge in [0.15, 0.2) is 6.10 Å². The number of carbonyl (C=O) groups is 1. The highest BCUT2D eigenvalue weighted by atomic mass is 35.5. The van der Waals surface area contributed by atoms with Crippen LogP contribution >= 0.6 is 11.6 Å². The number of hydrogen-bond donors (Lipinski definition) is 0. The molecule has 1 fully saturated rings. The van der Waals surface area contributed by atoms with E-state index < -0.39 is 16.1 Å². The van der Waals surface area contributed by atoms with Gasteiger partial charge < -0.3 is 14.5 Å². The monoisotopic (exact) mass is 453 g/mol. The second-order valence-electron chi connectivity index (χ2n) is 7.28. The number of nitrogens with zero attached hydrogens (tertiary/aromatic N) is 3. The van der Waals surface area contributed by atoms with Crippen molar-refractivity contribution in [3.05, 3.63) is 53.3 Å². The Hall–Kier alpha value is -2.52. The summed E-state index contributed by atoms with van der Waals surface area (Å²) in [6.45, 7) is 1.60. The fourth-order valence-electron chi connectivity index (χ4n) is 3.75. The summed E-state index contributed by atoms with van der Waals surface area (Å²) in [5.74, 6) is -0.302. The molecule has 7 nitrogen and oxygen atoms in total. The Morgan fingerprint density at radius 1 is 1.10 bits per heavy atom. The van der Waals surface area contributed by atoms with Crippen LogP contribution in [0, 0.1) is 5.82 Å². The number of carbonyl (C=O) groups excluding carboxylic acids is 1. The van der Waals surface area contributed by atoms with Crippen molar-refractivity contribution in [2.75, 3.05) is 48.2 Å². The van der Waals surface area contributed by atoms with Crippen molar-refractivity contribution in [3.8, 4) is 5.75 Å². The van der Waals surface area contributed by atoms with E-state index in [1.54, 1.807) is 35.2 Å². The number of fused-ring (bicyclic) bond motifs is 1. The molecule has 0 saturated carbocycles. The Morgan fingerprint density at radius 3 is 2.47 bits per heavy atom. The van der Waals surface area contributed by atoms with Crippen LogP contribution in [-0.4, -0.2) is 64.3 Å². The molecule has 0 spiro atoms. The highest BCUT2D eigenvalue weighted by molar-refractivity contribution is 7.92. The Balaban J connectivity index is 1.49. The van der Waals surface area contributed by atoms with Crippen LogP contribution in [0.1, 0.15) is 0 Å². The first-order chi connectivity index (χ1) is 14.2. The summed E-state index contributed by atoms with van der Waals surface area (Å²) in [7, 11) is -3.63. The van der Waals surface area contributed by atoms with Crippen molar-refractivity contribution < 1.29 is 22.3 Å². The van der Waals surface area contributed by atoms with E-state index >= 15 is 0 Å². The number of hydrogen-bond acceptors (Lipinski definition) is 5. The smallest absolute Gasteiger partial charge is 0.265 e. The number of ether oxygens (including phenoxy) is 1. The summed E-state index contributed by atoms with van der Waals surface area (Å²) in [5, 5.41) is 0.375. The van der Waals surface area contributed by atoms with E-state index in [0.29, 0.717) is 48.3 Å². The lowest BCUT2D eigenvalue weighted by atomic mass is 10.2. The highest BCUT2D eigenvalue weighted by Gasteiger charge is 2.38. The third-order valence-electron chi connectivity index (χ3n) is 5.25. The molecule has 160 valence electrons. The lowest BCUT2D eigenvalue weighted by Gasteiger charge is -2.40. The zero-order valence-electron chi connectivity index (χ0n) is 16.3. The van der Waals surface area contributed by atoms with Gasteiger partial charge in [-0.25, -0.2) is 12.8 Å². The van der Waals surface area contributed by atoms with Gasteiger partial charge in [0.2, 0.25) is 10.0 Å². The van der Waals surface area contributed by atoms with E-state index in [1.807, 2.05) is 4.90 Å². The average Bonchev–Trinajstić information content (AvgIpc) is 2.72. The number of para-hydroxylation sites is 1. The molecule has 0 radical (unpaired) electrons. The van der Waals surface area contributed by atoms with Gasteiger partial charge in [-0.15, -0.1) is 0 Å². The Kier molecular flexibility index (Phi) is 5.50. The summed E-state index contributed by atoms with van der Waals surface area (Å²) in [6.07, 6.45) is 0.117. The standard InChI is InChI=1S/C20H21ClFN3O4S/c1-30(27,28)25-13-19(29-18-7-6-14(21)12-17(18)25)20(26)24-10-8-23(9-11-24)16-5-3-2-4-15(16)22/h2-7,12,19H,8-11,13H2,1H3. The van der Waals surface area contributed by atoms with Crippen LogP contribution in [0.15, 0.2) is 42.5 Å². The summed E-state index contributed by atoms with van der Waals surface area (Å²) in [6, 6.07) is 11.2. The molecule has 1 unspecified atom stereocenters. The van der Waals surface area contributed by atoms with Gasteiger partial charge in [0.05, 0.1) is 24.2 Å². The molecule has 1 saturated heterocycles. The maximum atomic E-state index is 14.0. The lowest BCUT2D eigenvalue weighted by Crippen LogP contribution is -2.56. The highest BCUT2D eigenvalue weighted by Crippen LogP contribution is 2.37. The fraction of sp³-hybridized carbons (Fsp3) is 0.350. The largest absolute Gasteiger partial charge is 0.476 e. The fourth-order valence-corrected chi connectivity index (χ4v) is 4.82. The molecule has 2 aromatic rings. The van der Waals surface area contributed by atoms with Gasteiger partial charge in [0.25, 0.3) is 5.91 Å². The van der Waals surface area contributed by atoms with Crippen LogP contribution in [-0.2, 0) is 14.8 Å². The molecule has 0 aromatic heterocycles. The minimum Gasteiger partial charge on any atom is -0.476 e. The maximum Gasteiger partial charge on any atom is 0.265 e. The van der Waals surface area contributed by atoms with E-state index in [-0.39, 0.29) is 18.3 Å². The SMILES string of the molecule is CS(=O)(=O)N1CC(C(=O)N2CCN(c3ccccc3F)CC2)Oc2ccc(Cl)cc21. The normalized spacial score (nSPS) is 19.3. The molecule has 1 atom stereocenters. The minimum absolute atomic E-state index is 0.126. The number of rotatable bonds is 3. The van der Waals surface area contributed by atoms with Crippen LogP contribution in [0.2, 0.25) is 5.02 Å². The molecule has 0 bridgehead atoms. The van der Waals surface area contributed by atoms with Crippen molar-refractivity contribution in [1.82, 2.24) is 4.90 Å². The molecule has 0 N–H and O–H groups in total. The number of sulfonamides is 1. The maximum absolute atomic E-state index is 14.0. The molecule has 10 heteroatoms. The van der Waals surface area contributed by atoms with Gasteiger partial charge in [-0.2, -0.15) is 0 Å². The quantitative estimate of drug-likeness (QED) is 0.713. The number of anilines is 2. The zero-order valence-corrected chi connectivity index (χ0v) is 17.9. The molecule has 2 aliphatic heterocycles. The second-order valence-corrected chi connectivity index (χ2v) is 9.62. The first-order valence-electron chi connectivity index (χ1n) is 9.46. The molecule has 0 aliphatic carbocycles. The van der Waals surface area contributed by atoms with Crippen molar-refractivity contribution in [2.45, 2.75) is 6.10 Å². The third-order valence-corrected chi connectivity index (χ3v) is 6.63. The Morgan fingerprint density at radius 2 is 1.80 bits per heavy atom. The number of halogens is 2. The second kappa shape index (κ2) is 7.96. The first kappa shape index (κ1) is 20.7. The van der Waals surface area contributed by atoms with E-state index in [4.69, 9.17) is 16.3 Å². The zero-order chi connectivity index (χ0) is 21.5. The van der Waals surface area contributed by atoms with Gasteiger partial charge in [0.1, 0.15) is 11.6 Å². The molecule has 2 aliphatic rings. The third kappa shape index (κ3) is 4.04.